The van der Waals surface area contributed by atoms with E-state index in [1.54, 1.807) is 12.3 Å². The van der Waals surface area contributed by atoms with Crippen molar-refractivity contribution in [2.45, 2.75) is 44.8 Å². The number of carbonyl (C=O) groups is 2. The van der Waals surface area contributed by atoms with Crippen molar-refractivity contribution in [3.63, 3.8) is 0 Å². The number of nitrogens with zero attached hydrogens (tertiary/aromatic N) is 2. The number of hydrogen-bond donors (Lipinski definition) is 0. The number of aromatic nitrogens is 1. The summed E-state index contributed by atoms with van der Waals surface area (Å²) in [5.74, 6) is -2.80. The number of amides is 2. The highest BCUT2D eigenvalue weighted by Crippen LogP contribution is 2.38. The molecule has 0 N–H and O–H groups in total. The Morgan fingerprint density at radius 1 is 1.43 bits per heavy atom. The van der Waals surface area contributed by atoms with E-state index in [2.05, 4.69) is 4.74 Å². The molecule has 0 aliphatic carbocycles. The number of halogens is 3. The maximum Gasteiger partial charge on any atom is 0.416 e. The molecule has 1 aliphatic rings. The van der Waals surface area contributed by atoms with E-state index in [0.717, 1.165) is 17.7 Å². The topological polar surface area (TPSA) is 51.5 Å². The van der Waals surface area contributed by atoms with Crippen molar-refractivity contribution in [2.75, 3.05) is 13.2 Å². The molecule has 0 spiro atoms. The zero-order chi connectivity index (χ0) is 17.0. The molecule has 5 nitrogen and oxygen atoms in total. The zero-order valence-corrected chi connectivity index (χ0v) is 12.8. The zero-order valence-electron chi connectivity index (χ0n) is 12.8. The minimum absolute atomic E-state index is 0.000902. The second-order valence-corrected chi connectivity index (χ2v) is 5.44. The molecule has 1 aliphatic heterocycles. The molecule has 8 heteroatoms. The molecule has 2 heterocycles. The third-order valence-electron chi connectivity index (χ3n) is 3.81. The summed E-state index contributed by atoms with van der Waals surface area (Å²) in [5, 5.41) is 0. The molecule has 1 aromatic heterocycles. The monoisotopic (exact) mass is 332 g/mol. The molecule has 1 unspecified atom stereocenters. The van der Waals surface area contributed by atoms with Crippen LogP contribution in [0.4, 0.5) is 18.0 Å². The van der Waals surface area contributed by atoms with Crippen LogP contribution < -0.4 is 0 Å². The van der Waals surface area contributed by atoms with Crippen LogP contribution in [0.15, 0.2) is 18.3 Å². The number of ether oxygens (including phenoxy) is 1. The van der Waals surface area contributed by atoms with E-state index < -0.39 is 30.5 Å². The van der Waals surface area contributed by atoms with Gasteiger partial charge in [-0.15, -0.1) is 0 Å². The van der Waals surface area contributed by atoms with Crippen molar-refractivity contribution in [3.8, 4) is 0 Å². The maximum absolute atomic E-state index is 13.4. The Hall–Kier alpha value is -1.99. The number of imide groups is 1. The Morgan fingerprint density at radius 2 is 2.17 bits per heavy atom. The van der Waals surface area contributed by atoms with Gasteiger partial charge in [0.1, 0.15) is 12.5 Å². The number of carbonyl (C=O) groups excluding carboxylic acids is 2. The van der Waals surface area contributed by atoms with Crippen LogP contribution in [0.25, 0.3) is 0 Å². The van der Waals surface area contributed by atoms with Crippen LogP contribution in [0.5, 0.6) is 0 Å². The summed E-state index contributed by atoms with van der Waals surface area (Å²) in [6, 6.07) is 2.92. The molecular weight excluding hydrogens is 313 g/mol. The highest BCUT2D eigenvalue weighted by molar-refractivity contribution is 5.93. The fourth-order valence-electron chi connectivity index (χ4n) is 2.57. The van der Waals surface area contributed by atoms with Crippen molar-refractivity contribution in [1.82, 2.24) is 9.47 Å². The van der Waals surface area contributed by atoms with E-state index >= 15 is 0 Å². The summed E-state index contributed by atoms with van der Waals surface area (Å²) < 4.78 is 46.4. The van der Waals surface area contributed by atoms with Gasteiger partial charge in [0.15, 0.2) is 0 Å². The van der Waals surface area contributed by atoms with E-state index in [-0.39, 0.29) is 18.8 Å². The second kappa shape index (κ2) is 7.06. The third-order valence-corrected chi connectivity index (χ3v) is 3.81. The summed E-state index contributed by atoms with van der Waals surface area (Å²) in [6.45, 7) is 2.44. The summed E-state index contributed by atoms with van der Waals surface area (Å²) in [7, 11) is 0. The maximum atomic E-state index is 13.4. The Balaban J connectivity index is 2.19. The van der Waals surface area contributed by atoms with E-state index in [1.165, 1.54) is 10.6 Å². The molecule has 1 saturated heterocycles. The minimum Gasteiger partial charge on any atom is -0.447 e. The standard InChI is InChI=1S/C15H19F3N2O3/c1-2-3-6-19-7-4-5-12(19)11(15(16,17)18)10-13(21)20-8-9-23-14(20)22/h4-5,7,11H,2-3,6,8-10H2,1H3. The van der Waals surface area contributed by atoms with Crippen LogP contribution in [0.3, 0.4) is 0 Å². The average molecular weight is 332 g/mol. The molecule has 0 radical (unpaired) electrons. The van der Waals surface area contributed by atoms with Crippen molar-refractivity contribution >= 4 is 12.0 Å². The number of cyclic esters (lactones) is 1. The average Bonchev–Trinajstić information content (AvgIpc) is 3.09. The van der Waals surface area contributed by atoms with Crippen LogP contribution in [-0.4, -0.2) is 40.8 Å². The van der Waals surface area contributed by atoms with Gasteiger partial charge in [0.25, 0.3) is 0 Å². The lowest BCUT2D eigenvalue weighted by atomic mass is 9.99. The van der Waals surface area contributed by atoms with Crippen molar-refractivity contribution in [2.24, 2.45) is 0 Å². The number of alkyl halides is 3. The smallest absolute Gasteiger partial charge is 0.416 e. The van der Waals surface area contributed by atoms with E-state index in [1.807, 2.05) is 6.92 Å². The Labute approximate surface area is 132 Å². The molecular formula is C15H19F3N2O3. The highest BCUT2D eigenvalue weighted by Gasteiger charge is 2.45. The summed E-state index contributed by atoms with van der Waals surface area (Å²) in [4.78, 5) is 24.1. The fraction of sp³-hybridized carbons (Fsp3) is 0.600. The second-order valence-electron chi connectivity index (χ2n) is 5.44. The summed E-state index contributed by atoms with van der Waals surface area (Å²) in [6.07, 6.45) is -3.06. The first-order valence-electron chi connectivity index (χ1n) is 7.53. The first-order chi connectivity index (χ1) is 10.8. The molecule has 0 aromatic carbocycles. The van der Waals surface area contributed by atoms with Gasteiger partial charge in [-0.05, 0) is 18.6 Å². The van der Waals surface area contributed by atoms with E-state index in [4.69, 9.17) is 0 Å². The summed E-state index contributed by atoms with van der Waals surface area (Å²) in [5.41, 5.74) is 0.0480. The lowest BCUT2D eigenvalue weighted by Crippen LogP contribution is -2.35. The predicted molar refractivity (Wildman–Crippen MR) is 75.8 cm³/mol. The Bertz CT molecular complexity index is 569. The van der Waals surface area contributed by atoms with Crippen molar-refractivity contribution < 1.29 is 27.5 Å². The fourth-order valence-corrected chi connectivity index (χ4v) is 2.57. The first kappa shape index (κ1) is 17.4. The van der Waals surface area contributed by atoms with Crippen LogP contribution in [0, 0.1) is 0 Å². The Morgan fingerprint density at radius 3 is 2.74 bits per heavy atom. The molecule has 1 fully saturated rings. The largest absolute Gasteiger partial charge is 0.447 e. The van der Waals surface area contributed by atoms with Crippen LogP contribution in [0.2, 0.25) is 0 Å². The van der Waals surface area contributed by atoms with Gasteiger partial charge in [0, 0.05) is 24.9 Å². The highest BCUT2D eigenvalue weighted by atomic mass is 19.4. The van der Waals surface area contributed by atoms with Crippen molar-refractivity contribution in [3.05, 3.63) is 24.0 Å². The van der Waals surface area contributed by atoms with Crippen LogP contribution >= 0.6 is 0 Å². The lowest BCUT2D eigenvalue weighted by molar-refractivity contribution is -0.160. The van der Waals surface area contributed by atoms with Gasteiger partial charge in [0.2, 0.25) is 5.91 Å². The third kappa shape index (κ3) is 4.05. The van der Waals surface area contributed by atoms with Gasteiger partial charge >= 0.3 is 12.3 Å². The molecule has 23 heavy (non-hydrogen) atoms. The van der Waals surface area contributed by atoms with Gasteiger partial charge in [0.05, 0.1) is 6.54 Å². The van der Waals surface area contributed by atoms with E-state index in [9.17, 15) is 22.8 Å². The minimum atomic E-state index is -4.57. The number of rotatable bonds is 6. The van der Waals surface area contributed by atoms with Crippen LogP contribution in [-0.2, 0) is 16.1 Å². The molecule has 1 atom stereocenters. The van der Waals surface area contributed by atoms with Gasteiger partial charge in [-0.25, -0.2) is 9.69 Å². The number of unbranched alkanes of at least 4 members (excludes halogenated alkanes) is 1. The number of aryl methyl sites for hydroxylation is 1. The molecule has 128 valence electrons. The van der Waals surface area contributed by atoms with Gasteiger partial charge < -0.3 is 9.30 Å². The first-order valence-corrected chi connectivity index (χ1v) is 7.53. The Kier molecular flexibility index (Phi) is 5.33. The quantitative estimate of drug-likeness (QED) is 0.803. The predicted octanol–water partition coefficient (Wildman–Crippen LogP) is 3.30. The van der Waals surface area contributed by atoms with E-state index in [0.29, 0.717) is 6.54 Å². The number of hydrogen-bond acceptors (Lipinski definition) is 3. The molecule has 1 aromatic rings. The normalized spacial score (nSPS) is 16.5. The van der Waals surface area contributed by atoms with Gasteiger partial charge in [-0.3, -0.25) is 4.79 Å². The molecule has 2 rings (SSSR count). The van der Waals surface area contributed by atoms with Crippen LogP contribution in [0.1, 0.15) is 37.8 Å². The molecule has 2 amide bonds. The van der Waals surface area contributed by atoms with Crippen molar-refractivity contribution in [1.29, 1.82) is 0 Å². The van der Waals surface area contributed by atoms with Gasteiger partial charge in [-0.2, -0.15) is 13.2 Å². The van der Waals surface area contributed by atoms with Gasteiger partial charge in [-0.1, -0.05) is 13.3 Å². The summed E-state index contributed by atoms with van der Waals surface area (Å²) >= 11 is 0. The molecule has 0 saturated carbocycles. The molecule has 0 bridgehead atoms. The SMILES string of the molecule is CCCCn1cccc1C(CC(=O)N1CCOC1=O)C(F)(F)F. The lowest BCUT2D eigenvalue weighted by Gasteiger charge is -2.23.